The van der Waals surface area contributed by atoms with Crippen molar-refractivity contribution in [2.24, 2.45) is 0 Å². The van der Waals surface area contributed by atoms with E-state index in [4.69, 9.17) is 4.74 Å². The number of rotatable bonds is 5. The van der Waals surface area contributed by atoms with Crippen LogP contribution in [0.25, 0.3) is 0 Å². The van der Waals surface area contributed by atoms with Crippen LogP contribution in [0, 0.1) is 0 Å². The fourth-order valence-corrected chi connectivity index (χ4v) is 3.68. The molecule has 0 aliphatic carbocycles. The lowest BCUT2D eigenvalue weighted by Crippen LogP contribution is -2.25. The zero-order valence-corrected chi connectivity index (χ0v) is 14.3. The molecule has 2 aromatic rings. The van der Waals surface area contributed by atoms with E-state index in [0.717, 1.165) is 11.3 Å². The van der Waals surface area contributed by atoms with E-state index in [1.807, 2.05) is 54.6 Å². The van der Waals surface area contributed by atoms with Crippen molar-refractivity contribution < 1.29 is 14.3 Å². The number of carbonyl (C=O) groups is 2. The van der Waals surface area contributed by atoms with Gasteiger partial charge in [0.05, 0.1) is 5.69 Å². The average Bonchev–Trinajstić information content (AvgIpc) is 2.93. The van der Waals surface area contributed by atoms with E-state index >= 15 is 0 Å². The zero-order valence-electron chi connectivity index (χ0n) is 13.5. The lowest BCUT2D eigenvalue weighted by molar-refractivity contribution is -0.117. The Bertz CT molecular complexity index is 732. The zero-order chi connectivity index (χ0) is 16.9. The molecule has 1 aliphatic heterocycles. The molecule has 0 radical (unpaired) electrons. The summed E-state index contributed by atoms with van der Waals surface area (Å²) >= 11 is 1.24. The van der Waals surface area contributed by atoms with Crippen LogP contribution in [0.3, 0.4) is 0 Å². The lowest BCUT2D eigenvalue weighted by atomic mass is 10.2. The first-order chi connectivity index (χ1) is 11.6. The number of thioether (sulfide) groups is 1. The molecule has 2 aromatic carbocycles. The molecule has 1 amide bonds. The maximum Gasteiger partial charge on any atom is 0.228 e. The monoisotopic (exact) mass is 341 g/mol. The highest BCUT2D eigenvalue weighted by Gasteiger charge is 2.33. The Labute approximate surface area is 145 Å². The summed E-state index contributed by atoms with van der Waals surface area (Å²) in [4.78, 5) is 25.3. The minimum Gasteiger partial charge on any atom is -0.487 e. The molecule has 0 N–H and O–H groups in total. The smallest absolute Gasteiger partial charge is 0.228 e. The van der Waals surface area contributed by atoms with Crippen molar-refractivity contribution in [2.45, 2.75) is 25.2 Å². The molecule has 1 heterocycles. The van der Waals surface area contributed by atoms with Crippen molar-refractivity contribution in [3.05, 3.63) is 60.2 Å². The van der Waals surface area contributed by atoms with Crippen LogP contribution in [0.1, 0.15) is 18.9 Å². The summed E-state index contributed by atoms with van der Waals surface area (Å²) in [6.07, 6.45) is 0.386. The molecule has 1 saturated heterocycles. The first kappa shape index (κ1) is 16.6. The molecule has 3 rings (SSSR count). The summed E-state index contributed by atoms with van der Waals surface area (Å²) in [5.74, 6) is 0.715. The summed E-state index contributed by atoms with van der Waals surface area (Å²) in [6, 6.07) is 17.5. The van der Waals surface area contributed by atoms with Gasteiger partial charge in [0.2, 0.25) is 5.91 Å². The van der Waals surface area contributed by atoms with E-state index in [0.29, 0.717) is 25.3 Å². The van der Waals surface area contributed by atoms with E-state index in [1.54, 1.807) is 4.90 Å². The standard InChI is InChI=1S/C19H19NO3S/c1-14(21)24-16-11-19(22)20(12-16)17-9-5-6-10-18(17)23-13-15-7-3-2-4-8-15/h2-10,16H,11-13H2,1H3. The SMILES string of the molecule is CC(=O)SC1CC(=O)N(c2ccccc2OCc2ccccc2)C1. The van der Waals surface area contributed by atoms with Crippen LogP contribution in [-0.4, -0.2) is 22.8 Å². The third-order valence-corrected chi connectivity index (χ3v) is 4.80. The van der Waals surface area contributed by atoms with Crippen LogP contribution in [0.5, 0.6) is 5.75 Å². The predicted molar refractivity (Wildman–Crippen MR) is 96.2 cm³/mol. The minimum atomic E-state index is 0.0113. The largest absolute Gasteiger partial charge is 0.487 e. The molecule has 0 spiro atoms. The van der Waals surface area contributed by atoms with Gasteiger partial charge >= 0.3 is 0 Å². The van der Waals surface area contributed by atoms with Gasteiger partial charge in [-0.05, 0) is 17.7 Å². The molecule has 1 atom stereocenters. The van der Waals surface area contributed by atoms with Gasteiger partial charge < -0.3 is 9.64 Å². The number of benzene rings is 2. The van der Waals surface area contributed by atoms with Crippen LogP contribution in [0.2, 0.25) is 0 Å². The Morgan fingerprint density at radius 3 is 2.62 bits per heavy atom. The number of anilines is 1. The quantitative estimate of drug-likeness (QED) is 0.833. The van der Waals surface area contributed by atoms with E-state index in [9.17, 15) is 9.59 Å². The van der Waals surface area contributed by atoms with Crippen LogP contribution >= 0.6 is 11.8 Å². The molecule has 124 valence electrons. The second kappa shape index (κ2) is 7.53. The third-order valence-electron chi connectivity index (χ3n) is 3.82. The molecule has 1 unspecified atom stereocenters. The highest BCUT2D eigenvalue weighted by molar-refractivity contribution is 8.14. The summed E-state index contributed by atoms with van der Waals surface area (Å²) in [5, 5.41) is 0.0560. The number of amides is 1. The highest BCUT2D eigenvalue weighted by Crippen LogP contribution is 2.34. The van der Waals surface area contributed by atoms with Gasteiger partial charge in [-0.15, -0.1) is 0 Å². The van der Waals surface area contributed by atoms with Crippen molar-refractivity contribution >= 4 is 28.5 Å². The number of carbonyl (C=O) groups excluding carboxylic acids is 2. The molecule has 24 heavy (non-hydrogen) atoms. The number of ether oxygens (including phenoxy) is 1. The van der Waals surface area contributed by atoms with Crippen molar-refractivity contribution in [3.8, 4) is 5.75 Å². The van der Waals surface area contributed by atoms with Gasteiger partial charge in [-0.25, -0.2) is 0 Å². The number of hydrogen-bond donors (Lipinski definition) is 0. The summed E-state index contributed by atoms with van der Waals surface area (Å²) in [5.41, 5.74) is 1.84. The van der Waals surface area contributed by atoms with Gasteiger partial charge in [0.25, 0.3) is 0 Å². The first-order valence-corrected chi connectivity index (χ1v) is 8.75. The lowest BCUT2D eigenvalue weighted by Gasteiger charge is -2.20. The Balaban J connectivity index is 1.74. The fraction of sp³-hybridized carbons (Fsp3) is 0.263. The van der Waals surface area contributed by atoms with E-state index in [2.05, 4.69) is 0 Å². The predicted octanol–water partition coefficient (Wildman–Crippen LogP) is 3.65. The van der Waals surface area contributed by atoms with Gasteiger partial charge in [-0.2, -0.15) is 0 Å². The van der Waals surface area contributed by atoms with E-state index in [1.165, 1.54) is 18.7 Å². The Morgan fingerprint density at radius 1 is 1.17 bits per heavy atom. The maximum absolute atomic E-state index is 12.3. The van der Waals surface area contributed by atoms with Gasteiger partial charge in [0.1, 0.15) is 12.4 Å². The Hall–Kier alpha value is -2.27. The molecule has 1 aliphatic rings. The second-order valence-electron chi connectivity index (χ2n) is 5.68. The first-order valence-electron chi connectivity index (χ1n) is 7.87. The van der Waals surface area contributed by atoms with Crippen LogP contribution in [0.4, 0.5) is 5.69 Å². The summed E-state index contributed by atoms with van der Waals surface area (Å²) < 4.78 is 5.93. The highest BCUT2D eigenvalue weighted by atomic mass is 32.2. The fourth-order valence-electron chi connectivity index (χ4n) is 2.76. The van der Waals surface area contributed by atoms with E-state index in [-0.39, 0.29) is 16.3 Å². The molecular weight excluding hydrogens is 322 g/mol. The van der Waals surface area contributed by atoms with Crippen molar-refractivity contribution in [2.75, 3.05) is 11.4 Å². The van der Waals surface area contributed by atoms with Crippen molar-refractivity contribution in [1.82, 2.24) is 0 Å². The molecular formula is C19H19NO3S. The number of hydrogen-bond acceptors (Lipinski definition) is 4. The minimum absolute atomic E-state index is 0.0113. The molecule has 1 fully saturated rings. The van der Waals surface area contributed by atoms with Crippen LogP contribution < -0.4 is 9.64 Å². The van der Waals surface area contributed by atoms with Crippen LogP contribution in [0.15, 0.2) is 54.6 Å². The van der Waals surface area contributed by atoms with Crippen molar-refractivity contribution in [3.63, 3.8) is 0 Å². The molecule has 0 bridgehead atoms. The second-order valence-corrected chi connectivity index (χ2v) is 7.16. The summed E-state index contributed by atoms with van der Waals surface area (Å²) in [7, 11) is 0. The maximum atomic E-state index is 12.3. The van der Waals surface area contributed by atoms with Gasteiger partial charge in [-0.1, -0.05) is 54.2 Å². The van der Waals surface area contributed by atoms with Gasteiger partial charge in [0, 0.05) is 25.1 Å². The molecule has 0 aromatic heterocycles. The molecule has 0 saturated carbocycles. The van der Waals surface area contributed by atoms with E-state index < -0.39 is 0 Å². The average molecular weight is 341 g/mol. The normalized spacial score (nSPS) is 17.1. The third kappa shape index (κ3) is 3.97. The summed E-state index contributed by atoms with van der Waals surface area (Å²) in [6.45, 7) is 2.52. The Kier molecular flexibility index (Phi) is 5.20. The van der Waals surface area contributed by atoms with Gasteiger partial charge in [-0.3, -0.25) is 9.59 Å². The van der Waals surface area contributed by atoms with Crippen LogP contribution in [-0.2, 0) is 16.2 Å². The molecule has 4 nitrogen and oxygen atoms in total. The van der Waals surface area contributed by atoms with Crippen molar-refractivity contribution in [1.29, 1.82) is 0 Å². The number of para-hydroxylation sites is 2. The topological polar surface area (TPSA) is 46.6 Å². The van der Waals surface area contributed by atoms with Gasteiger partial charge in [0.15, 0.2) is 5.12 Å². The Morgan fingerprint density at radius 2 is 1.88 bits per heavy atom. The molecule has 5 heteroatoms. The number of nitrogens with zero attached hydrogens (tertiary/aromatic N) is 1.